The first kappa shape index (κ1) is 27.3. The number of esters is 2. The number of hydrogen-bond donors (Lipinski definition) is 0. The molecular weight excluding hydrogens is 504 g/mol. The zero-order valence-electron chi connectivity index (χ0n) is 20.1. The van der Waals surface area contributed by atoms with Gasteiger partial charge in [-0.2, -0.15) is 0 Å². The maximum absolute atomic E-state index is 12.5. The molecule has 0 aliphatic heterocycles. The van der Waals surface area contributed by atoms with Crippen LogP contribution >= 0.6 is 11.6 Å². The highest BCUT2D eigenvalue weighted by molar-refractivity contribution is 7.90. The summed E-state index contributed by atoms with van der Waals surface area (Å²) >= 11 is 6.20. The average molecular weight is 531 g/mol. The molecule has 36 heavy (non-hydrogen) atoms. The van der Waals surface area contributed by atoms with E-state index in [4.69, 9.17) is 21.1 Å². The molecule has 1 heterocycles. The van der Waals surface area contributed by atoms with Gasteiger partial charge in [-0.3, -0.25) is 0 Å². The minimum Gasteiger partial charge on any atom is -0.423 e. The van der Waals surface area contributed by atoms with E-state index in [1.807, 2.05) is 12.1 Å². The molecule has 0 amide bonds. The second-order valence-corrected chi connectivity index (χ2v) is 10.6. The van der Waals surface area contributed by atoms with E-state index in [-0.39, 0.29) is 27.2 Å². The van der Waals surface area contributed by atoms with Crippen molar-refractivity contribution in [3.05, 3.63) is 76.6 Å². The summed E-state index contributed by atoms with van der Waals surface area (Å²) in [6.07, 6.45) is 10.1. The monoisotopic (exact) mass is 530 g/mol. The number of carbonyl (C=O) groups is 2. The lowest BCUT2D eigenvalue weighted by molar-refractivity contribution is 0.0729. The zero-order chi connectivity index (χ0) is 26.1. The molecule has 0 atom stereocenters. The van der Waals surface area contributed by atoms with Gasteiger partial charge in [0.05, 0.1) is 28.5 Å². The third-order valence-electron chi connectivity index (χ3n) is 5.28. The van der Waals surface area contributed by atoms with Gasteiger partial charge in [0.2, 0.25) is 15.0 Å². The number of halogens is 1. The van der Waals surface area contributed by atoms with Gasteiger partial charge in [0.25, 0.3) is 0 Å². The van der Waals surface area contributed by atoms with Gasteiger partial charge in [-0.15, -0.1) is 0 Å². The summed E-state index contributed by atoms with van der Waals surface area (Å²) in [5.41, 5.74) is 1.60. The lowest BCUT2D eigenvalue weighted by atomic mass is 10.0. The Balaban J connectivity index is 1.57. The minimum atomic E-state index is -3.58. The number of aryl methyl sites for hydroxylation is 1. The molecule has 2 aromatic carbocycles. The Morgan fingerprint density at radius 3 is 2.11 bits per heavy atom. The summed E-state index contributed by atoms with van der Waals surface area (Å²) in [4.78, 5) is 32.3. The second kappa shape index (κ2) is 12.6. The van der Waals surface area contributed by atoms with E-state index < -0.39 is 21.8 Å². The fourth-order valence-electron chi connectivity index (χ4n) is 3.34. The normalized spacial score (nSPS) is 11.2. The van der Waals surface area contributed by atoms with Crippen LogP contribution in [0.15, 0.2) is 60.0 Å². The molecule has 1 aromatic heterocycles. The lowest BCUT2D eigenvalue weighted by Gasteiger charge is -2.09. The van der Waals surface area contributed by atoms with Crippen molar-refractivity contribution in [1.82, 2.24) is 9.97 Å². The largest absolute Gasteiger partial charge is 0.423 e. The third-order valence-corrected chi connectivity index (χ3v) is 6.46. The molecule has 10 heteroatoms. The Morgan fingerprint density at radius 2 is 1.50 bits per heavy atom. The van der Waals surface area contributed by atoms with E-state index in [9.17, 15) is 18.0 Å². The maximum atomic E-state index is 12.5. The Hall–Kier alpha value is -3.30. The quantitative estimate of drug-likeness (QED) is 0.138. The first-order valence-corrected chi connectivity index (χ1v) is 13.8. The van der Waals surface area contributed by atoms with Gasteiger partial charge < -0.3 is 9.47 Å². The van der Waals surface area contributed by atoms with Crippen LogP contribution in [0.4, 0.5) is 0 Å². The second-order valence-electron chi connectivity index (χ2n) is 8.26. The van der Waals surface area contributed by atoms with Gasteiger partial charge in [0, 0.05) is 12.3 Å². The van der Waals surface area contributed by atoms with Crippen molar-refractivity contribution < 1.29 is 27.5 Å². The van der Waals surface area contributed by atoms with Crippen LogP contribution in [-0.4, -0.2) is 36.6 Å². The summed E-state index contributed by atoms with van der Waals surface area (Å²) in [7, 11) is -3.58. The molecule has 0 saturated heterocycles. The van der Waals surface area contributed by atoms with E-state index in [0.717, 1.165) is 31.5 Å². The molecule has 190 valence electrons. The van der Waals surface area contributed by atoms with Crippen molar-refractivity contribution in [3.8, 4) is 11.5 Å². The number of hydrogen-bond acceptors (Lipinski definition) is 8. The fraction of sp³-hybridized carbons (Fsp3) is 0.308. The molecule has 0 aliphatic rings. The highest BCUT2D eigenvalue weighted by Crippen LogP contribution is 2.25. The van der Waals surface area contributed by atoms with Crippen molar-refractivity contribution in [1.29, 1.82) is 0 Å². The van der Waals surface area contributed by atoms with Crippen LogP contribution in [0.1, 0.15) is 65.3 Å². The number of sulfone groups is 1. The molecule has 0 fully saturated rings. The molecule has 0 saturated carbocycles. The highest BCUT2D eigenvalue weighted by atomic mass is 35.5. The Bertz CT molecular complexity index is 1310. The molecule has 8 nitrogen and oxygen atoms in total. The fourth-order valence-corrected chi connectivity index (χ4v) is 4.08. The van der Waals surface area contributed by atoms with E-state index in [1.54, 1.807) is 12.1 Å². The Kier molecular flexibility index (Phi) is 9.55. The number of nitrogens with zero attached hydrogens (tertiary/aromatic N) is 2. The van der Waals surface area contributed by atoms with Crippen LogP contribution in [0.25, 0.3) is 0 Å². The van der Waals surface area contributed by atoms with Crippen LogP contribution in [0.5, 0.6) is 11.5 Å². The molecule has 0 bridgehead atoms. The summed E-state index contributed by atoms with van der Waals surface area (Å²) in [5.74, 6) is -1.23. The Morgan fingerprint density at radius 1 is 0.861 bits per heavy atom. The molecule has 0 N–H and O–H groups in total. The summed E-state index contributed by atoms with van der Waals surface area (Å²) in [6.45, 7) is 2.19. The van der Waals surface area contributed by atoms with Gasteiger partial charge in [-0.1, -0.05) is 56.3 Å². The number of carbonyl (C=O) groups excluding carboxylic acids is 2. The van der Waals surface area contributed by atoms with Crippen LogP contribution in [-0.2, 0) is 16.3 Å². The Labute approximate surface area is 215 Å². The third kappa shape index (κ3) is 7.86. The summed E-state index contributed by atoms with van der Waals surface area (Å²) in [6, 6.07) is 11.4. The van der Waals surface area contributed by atoms with Gasteiger partial charge in [0.15, 0.2) is 5.75 Å². The van der Waals surface area contributed by atoms with Gasteiger partial charge >= 0.3 is 11.9 Å². The number of benzene rings is 2. The standard InChI is InChI=1S/C26H27ClN2O6S/c1-3-4-5-6-7-8-18-9-11-19(12-10-18)24(30)34-20-13-14-22(23(27)15-20)25(31)35-21-16-28-26(29-17-21)36(2,32)33/h9-17H,3-8H2,1-2H3. The number of aromatic nitrogens is 2. The zero-order valence-corrected chi connectivity index (χ0v) is 21.6. The predicted octanol–water partition coefficient (Wildman–Crippen LogP) is 5.48. The summed E-state index contributed by atoms with van der Waals surface area (Å²) in [5, 5.41) is -0.374. The molecule has 0 spiro atoms. The van der Waals surface area contributed by atoms with Crippen LogP contribution in [0.3, 0.4) is 0 Å². The molecule has 3 rings (SSSR count). The van der Waals surface area contributed by atoms with Crippen molar-refractivity contribution in [3.63, 3.8) is 0 Å². The molecule has 0 aliphatic carbocycles. The van der Waals surface area contributed by atoms with Crippen LogP contribution in [0.2, 0.25) is 5.02 Å². The molecule has 3 aromatic rings. The average Bonchev–Trinajstić information content (AvgIpc) is 2.84. The molecule has 0 unspecified atom stereocenters. The van der Waals surface area contributed by atoms with E-state index in [2.05, 4.69) is 16.9 Å². The van der Waals surface area contributed by atoms with Crippen molar-refractivity contribution in [2.75, 3.05) is 6.26 Å². The first-order chi connectivity index (χ1) is 17.2. The topological polar surface area (TPSA) is 113 Å². The lowest BCUT2D eigenvalue weighted by Crippen LogP contribution is -2.12. The van der Waals surface area contributed by atoms with Crippen LogP contribution in [0, 0.1) is 0 Å². The number of unbranched alkanes of at least 4 members (excludes halogenated alkanes) is 4. The van der Waals surface area contributed by atoms with Gasteiger partial charge in [-0.25, -0.2) is 28.0 Å². The van der Waals surface area contributed by atoms with Gasteiger partial charge in [0.1, 0.15) is 5.75 Å². The number of rotatable bonds is 11. The van der Waals surface area contributed by atoms with E-state index in [0.29, 0.717) is 5.56 Å². The SMILES string of the molecule is CCCCCCCc1ccc(C(=O)Oc2ccc(C(=O)Oc3cnc(S(C)(=O)=O)nc3)c(Cl)c2)cc1. The highest BCUT2D eigenvalue weighted by Gasteiger charge is 2.17. The first-order valence-electron chi connectivity index (χ1n) is 11.5. The summed E-state index contributed by atoms with van der Waals surface area (Å²) < 4.78 is 33.4. The van der Waals surface area contributed by atoms with Crippen molar-refractivity contribution in [2.45, 2.75) is 50.6 Å². The van der Waals surface area contributed by atoms with E-state index in [1.165, 1.54) is 49.4 Å². The number of ether oxygens (including phenoxy) is 2. The molecular formula is C26H27ClN2O6S. The van der Waals surface area contributed by atoms with E-state index >= 15 is 0 Å². The van der Waals surface area contributed by atoms with Gasteiger partial charge in [-0.05, 0) is 42.7 Å². The minimum absolute atomic E-state index is 0.0115. The smallest absolute Gasteiger partial charge is 0.345 e. The van der Waals surface area contributed by atoms with Crippen molar-refractivity contribution >= 4 is 33.4 Å². The molecule has 0 radical (unpaired) electrons. The maximum Gasteiger partial charge on any atom is 0.345 e. The predicted molar refractivity (Wildman–Crippen MR) is 135 cm³/mol. The van der Waals surface area contributed by atoms with Crippen molar-refractivity contribution in [2.24, 2.45) is 0 Å². The van der Waals surface area contributed by atoms with Crippen LogP contribution < -0.4 is 9.47 Å².